The summed E-state index contributed by atoms with van der Waals surface area (Å²) in [6.07, 6.45) is -2.37. The Morgan fingerprint density at radius 3 is 2.40 bits per heavy atom. The summed E-state index contributed by atoms with van der Waals surface area (Å²) in [5, 5.41) is 33.5. The van der Waals surface area contributed by atoms with E-state index in [-0.39, 0.29) is 6.04 Å². The molecule has 0 unspecified atom stereocenters. The molecule has 0 aromatic rings. The van der Waals surface area contributed by atoms with Crippen molar-refractivity contribution in [2.24, 2.45) is 4.74 Å². The second-order valence-corrected chi connectivity index (χ2v) is 5.41. The van der Waals surface area contributed by atoms with Crippen LogP contribution in [0.2, 0.25) is 6.04 Å². The fourth-order valence-corrected chi connectivity index (χ4v) is 3.23. The smallest absolute Gasteiger partial charge is 0.341 e. The molecule has 15 heavy (non-hydrogen) atoms. The van der Waals surface area contributed by atoms with Crippen LogP contribution in [-0.4, -0.2) is 58.8 Å². The number of carbonyl (C=O) groups is 2. The summed E-state index contributed by atoms with van der Waals surface area (Å²) in [7, 11) is -2.25. The molecule has 9 heteroatoms. The summed E-state index contributed by atoms with van der Waals surface area (Å²) < 4.78 is 3.63. The zero-order valence-electron chi connectivity index (χ0n) is 7.54. The van der Waals surface area contributed by atoms with Crippen LogP contribution in [0.15, 0.2) is 4.74 Å². The molecule has 0 radical (unpaired) electrons. The van der Waals surface area contributed by atoms with E-state index in [0.29, 0.717) is 6.54 Å². The maximum atomic E-state index is 10.8. The summed E-state index contributed by atoms with van der Waals surface area (Å²) in [4.78, 5) is 21.3. The number of carboxylic acids is 2. The molecule has 2 atom stereocenters. The zero-order chi connectivity index (χ0) is 11.6. The predicted octanol–water partition coefficient (Wildman–Crippen LogP) is -2.43. The van der Waals surface area contributed by atoms with Crippen LogP contribution >= 0.6 is 0 Å². The van der Waals surface area contributed by atoms with Crippen LogP contribution in [0.4, 0.5) is 0 Å². The second-order valence-electron chi connectivity index (χ2n) is 3.03. The highest BCUT2D eigenvalue weighted by Crippen LogP contribution is 2.17. The monoisotopic (exact) mass is 234 g/mol. The number of nitrogens with one attached hydrogen (secondary N) is 1. The number of rotatable bonds is 4. The van der Waals surface area contributed by atoms with E-state index in [2.05, 4.69) is 10.2 Å². The van der Waals surface area contributed by atoms with E-state index in [9.17, 15) is 19.8 Å². The summed E-state index contributed by atoms with van der Waals surface area (Å²) in [6, 6.07) is 0.248. The first-order valence-electron chi connectivity index (χ1n) is 4.07. The lowest BCUT2D eigenvalue weighted by atomic mass is 10.2. The number of carboxylic acid groups (broad SMARTS) is 2. The molecular formula is C6H10N2O6Si. The fourth-order valence-electron chi connectivity index (χ4n) is 1.23. The topological polar surface area (TPSA) is 139 Å². The molecule has 84 valence electrons. The zero-order valence-corrected chi connectivity index (χ0v) is 8.54. The van der Waals surface area contributed by atoms with E-state index in [1.165, 1.54) is 0 Å². The Hall–Kier alpha value is -1.32. The molecule has 0 aromatic heterocycles. The molecule has 1 aliphatic rings. The third-order valence-corrected chi connectivity index (χ3v) is 4.60. The van der Waals surface area contributed by atoms with Crippen molar-refractivity contribution >= 4 is 20.5 Å². The van der Waals surface area contributed by atoms with E-state index >= 15 is 0 Å². The van der Waals surface area contributed by atoms with Crippen LogP contribution in [0.25, 0.3) is 0 Å². The fraction of sp³-hybridized carbons (Fsp3) is 0.667. The summed E-state index contributed by atoms with van der Waals surface area (Å²) in [6.45, 7) is 0.371. The first-order chi connectivity index (χ1) is 6.90. The lowest BCUT2D eigenvalue weighted by molar-refractivity contribution is -0.171. The first-order valence-corrected chi connectivity index (χ1v) is 5.72. The SMILES string of the molecule is O=C(O)[C@H](O)[C@@](O)(C(=O)O)[Si]1=NNCC1. The van der Waals surface area contributed by atoms with Crippen LogP contribution in [0.3, 0.4) is 0 Å². The minimum Gasteiger partial charge on any atom is -0.479 e. The number of hydrogen-bond donors (Lipinski definition) is 5. The largest absolute Gasteiger partial charge is 0.479 e. The molecule has 0 fully saturated rings. The van der Waals surface area contributed by atoms with Crippen molar-refractivity contribution in [1.82, 2.24) is 5.43 Å². The quantitative estimate of drug-likeness (QED) is 0.340. The van der Waals surface area contributed by atoms with Gasteiger partial charge in [0.25, 0.3) is 0 Å². The van der Waals surface area contributed by atoms with Gasteiger partial charge in [0.15, 0.2) is 6.10 Å². The molecule has 0 spiro atoms. The van der Waals surface area contributed by atoms with Gasteiger partial charge in [-0.2, -0.15) is 0 Å². The Morgan fingerprint density at radius 1 is 1.47 bits per heavy atom. The number of aliphatic hydroxyl groups is 2. The normalized spacial score (nSPS) is 21.1. The third-order valence-electron chi connectivity index (χ3n) is 2.08. The average Bonchev–Trinajstić information content (AvgIpc) is 2.67. The predicted molar refractivity (Wildman–Crippen MR) is 47.2 cm³/mol. The lowest BCUT2D eigenvalue weighted by Gasteiger charge is -2.24. The minimum absolute atomic E-state index is 0.248. The van der Waals surface area contributed by atoms with Crippen LogP contribution in [0.5, 0.6) is 0 Å². The average molecular weight is 234 g/mol. The number of aliphatic hydroxyl groups excluding tert-OH is 1. The highest BCUT2D eigenvalue weighted by atomic mass is 28.2. The van der Waals surface area contributed by atoms with E-state index in [1.54, 1.807) is 0 Å². The molecule has 1 heterocycles. The number of hydrogen-bond acceptors (Lipinski definition) is 6. The van der Waals surface area contributed by atoms with Crippen molar-refractivity contribution in [3.05, 3.63) is 0 Å². The Bertz CT molecular complexity index is 332. The molecule has 0 saturated carbocycles. The van der Waals surface area contributed by atoms with Gasteiger partial charge in [0.05, 0.1) is 0 Å². The lowest BCUT2D eigenvalue weighted by Crippen LogP contribution is -2.59. The number of nitrogens with zero attached hydrogens (tertiary/aromatic N) is 1. The van der Waals surface area contributed by atoms with Crippen LogP contribution < -0.4 is 5.43 Å². The first kappa shape index (κ1) is 11.7. The van der Waals surface area contributed by atoms with E-state index in [4.69, 9.17) is 10.2 Å². The van der Waals surface area contributed by atoms with Gasteiger partial charge in [-0.25, -0.2) is 14.3 Å². The van der Waals surface area contributed by atoms with Gasteiger partial charge in [-0.15, -0.1) is 0 Å². The van der Waals surface area contributed by atoms with Gasteiger partial charge in [0.1, 0.15) is 0 Å². The van der Waals surface area contributed by atoms with Crippen LogP contribution in [-0.2, 0) is 9.59 Å². The second kappa shape index (κ2) is 4.04. The third kappa shape index (κ3) is 1.89. The van der Waals surface area contributed by atoms with Crippen molar-refractivity contribution in [1.29, 1.82) is 0 Å². The molecule has 1 aliphatic heterocycles. The maximum absolute atomic E-state index is 10.8. The molecule has 0 aromatic carbocycles. The van der Waals surface area contributed by atoms with Gasteiger partial charge in [-0.1, -0.05) is 0 Å². The summed E-state index contributed by atoms with van der Waals surface area (Å²) >= 11 is 0. The molecule has 0 aliphatic carbocycles. The Morgan fingerprint density at radius 2 is 2.07 bits per heavy atom. The van der Waals surface area contributed by atoms with E-state index in [0.717, 1.165) is 0 Å². The van der Waals surface area contributed by atoms with Crippen LogP contribution in [0, 0.1) is 0 Å². The highest BCUT2D eigenvalue weighted by Gasteiger charge is 2.53. The van der Waals surface area contributed by atoms with Crippen LogP contribution in [0.1, 0.15) is 0 Å². The van der Waals surface area contributed by atoms with Crippen molar-refractivity contribution in [3.8, 4) is 0 Å². The van der Waals surface area contributed by atoms with Gasteiger partial charge in [-0.05, 0) is 6.04 Å². The maximum Gasteiger partial charge on any atom is 0.341 e. The number of aliphatic carboxylic acids is 2. The van der Waals surface area contributed by atoms with E-state index in [1.807, 2.05) is 0 Å². The Labute approximate surface area is 85.5 Å². The molecule has 0 amide bonds. The molecule has 8 nitrogen and oxygen atoms in total. The Kier molecular flexibility index (Phi) is 3.17. The molecular weight excluding hydrogens is 224 g/mol. The van der Waals surface area contributed by atoms with Crippen molar-refractivity contribution in [3.63, 3.8) is 0 Å². The minimum atomic E-state index is -2.69. The Balaban J connectivity index is 3.08. The van der Waals surface area contributed by atoms with Gasteiger partial charge < -0.3 is 25.9 Å². The van der Waals surface area contributed by atoms with Gasteiger partial charge >= 0.3 is 11.9 Å². The summed E-state index contributed by atoms with van der Waals surface area (Å²) in [5.41, 5.74) is 2.47. The summed E-state index contributed by atoms with van der Waals surface area (Å²) in [5.74, 6) is -3.54. The van der Waals surface area contributed by atoms with Crippen molar-refractivity contribution < 1.29 is 30.0 Å². The van der Waals surface area contributed by atoms with Crippen molar-refractivity contribution in [2.45, 2.75) is 17.4 Å². The van der Waals surface area contributed by atoms with Gasteiger partial charge in [0, 0.05) is 6.54 Å². The van der Waals surface area contributed by atoms with Gasteiger partial charge in [-0.3, -0.25) is 0 Å². The van der Waals surface area contributed by atoms with Gasteiger partial charge in [0.2, 0.25) is 13.8 Å². The standard InChI is InChI=1S/C6H10N2O6Si/c9-3(4(10)11)6(14,5(12)13)15-2-1-7-8-15/h3,7,9,14H,1-2H2,(H,10,11)(H,12,13)/t3-,6-/m0/s1. The molecule has 0 bridgehead atoms. The van der Waals surface area contributed by atoms with E-state index < -0.39 is 31.9 Å². The molecule has 5 N–H and O–H groups in total. The molecule has 0 saturated heterocycles. The molecule has 1 rings (SSSR count). The highest BCUT2D eigenvalue weighted by molar-refractivity contribution is 6.56. The van der Waals surface area contributed by atoms with Crippen molar-refractivity contribution in [2.75, 3.05) is 6.54 Å².